The number of rotatable bonds is 2. The van der Waals surface area contributed by atoms with Crippen LogP contribution < -0.4 is 0 Å². The molecule has 0 aliphatic rings. The molecular weight excluding hydrogens is 190 g/mol. The lowest BCUT2D eigenvalue weighted by atomic mass is 9.74. The van der Waals surface area contributed by atoms with E-state index in [4.69, 9.17) is 0 Å². The minimum atomic E-state index is -0.405. The van der Waals surface area contributed by atoms with Crippen molar-refractivity contribution in [2.75, 3.05) is 0 Å². The smallest absolute Gasteiger partial charge is 0.238 e. The van der Waals surface area contributed by atoms with Gasteiger partial charge in [0.15, 0.2) is 0 Å². The molecule has 0 fully saturated rings. The molecule has 86 valence electrons. The first kappa shape index (κ1) is 13.9. The monoisotopic (exact) mass is 211 g/mol. The molecule has 0 saturated carbocycles. The maximum atomic E-state index is 10.6. The standard InChI is InChI=1S/C12H21NO2/c1-9(11(2,3)4)10(8-13(14)15)12(5,6)7/h8H,1H2,2-7H3. The van der Waals surface area contributed by atoms with Crippen LogP contribution in [0.1, 0.15) is 41.5 Å². The molecule has 0 atom stereocenters. The number of nitro groups is 1. The lowest BCUT2D eigenvalue weighted by Crippen LogP contribution is -2.20. The summed E-state index contributed by atoms with van der Waals surface area (Å²) in [4.78, 5) is 10.2. The van der Waals surface area contributed by atoms with Crippen molar-refractivity contribution in [1.82, 2.24) is 0 Å². The van der Waals surface area contributed by atoms with Gasteiger partial charge in [0, 0.05) is 5.57 Å². The van der Waals surface area contributed by atoms with Gasteiger partial charge in [0.1, 0.15) is 0 Å². The fourth-order valence-electron chi connectivity index (χ4n) is 1.23. The Morgan fingerprint density at radius 3 is 1.73 bits per heavy atom. The summed E-state index contributed by atoms with van der Waals surface area (Å²) in [6.45, 7) is 15.9. The second kappa shape index (κ2) is 4.17. The predicted molar refractivity (Wildman–Crippen MR) is 63.1 cm³/mol. The van der Waals surface area contributed by atoms with E-state index in [2.05, 4.69) is 6.58 Å². The van der Waals surface area contributed by atoms with Crippen LogP contribution in [0.25, 0.3) is 0 Å². The van der Waals surface area contributed by atoms with E-state index >= 15 is 0 Å². The van der Waals surface area contributed by atoms with Crippen LogP contribution in [0.4, 0.5) is 0 Å². The van der Waals surface area contributed by atoms with Gasteiger partial charge in [0.2, 0.25) is 6.20 Å². The summed E-state index contributed by atoms with van der Waals surface area (Å²) in [5, 5.41) is 10.6. The van der Waals surface area contributed by atoms with E-state index < -0.39 is 4.92 Å². The Balaban J connectivity index is 5.35. The van der Waals surface area contributed by atoms with Gasteiger partial charge in [-0.2, -0.15) is 0 Å². The molecule has 0 bridgehead atoms. The van der Waals surface area contributed by atoms with Crippen molar-refractivity contribution >= 4 is 0 Å². The molecule has 0 aromatic carbocycles. The number of nitrogens with zero attached hydrogens (tertiary/aromatic N) is 1. The lowest BCUT2D eigenvalue weighted by molar-refractivity contribution is -0.403. The molecule has 0 amide bonds. The van der Waals surface area contributed by atoms with Gasteiger partial charge in [0.25, 0.3) is 0 Å². The van der Waals surface area contributed by atoms with Crippen LogP contribution in [-0.4, -0.2) is 4.92 Å². The van der Waals surface area contributed by atoms with Crippen LogP contribution in [0, 0.1) is 20.9 Å². The molecule has 0 aliphatic heterocycles. The summed E-state index contributed by atoms with van der Waals surface area (Å²) in [5.74, 6) is 0. The number of allylic oxidation sites excluding steroid dienone is 2. The molecule has 0 aliphatic carbocycles. The molecule has 0 rings (SSSR count). The van der Waals surface area contributed by atoms with Crippen molar-refractivity contribution in [2.24, 2.45) is 10.8 Å². The SMILES string of the molecule is C=C(C(=C[N+](=O)[O-])C(C)(C)C)C(C)(C)C. The summed E-state index contributed by atoms with van der Waals surface area (Å²) in [6, 6.07) is 0. The summed E-state index contributed by atoms with van der Waals surface area (Å²) in [6.07, 6.45) is 1.08. The minimum Gasteiger partial charge on any atom is -0.259 e. The third-order valence-corrected chi connectivity index (χ3v) is 2.27. The number of hydrogen-bond donors (Lipinski definition) is 0. The van der Waals surface area contributed by atoms with Crippen LogP contribution in [0.3, 0.4) is 0 Å². The first-order valence-electron chi connectivity index (χ1n) is 5.02. The highest BCUT2D eigenvalue weighted by Gasteiger charge is 2.29. The van der Waals surface area contributed by atoms with Crippen molar-refractivity contribution in [2.45, 2.75) is 41.5 Å². The highest BCUT2D eigenvalue weighted by Crippen LogP contribution is 2.39. The topological polar surface area (TPSA) is 43.1 Å². The lowest BCUT2D eigenvalue weighted by Gasteiger charge is -2.30. The Bertz CT molecular complexity index is 301. The third-order valence-electron chi connectivity index (χ3n) is 2.27. The Morgan fingerprint density at radius 2 is 1.53 bits per heavy atom. The summed E-state index contributed by atoms with van der Waals surface area (Å²) >= 11 is 0. The van der Waals surface area contributed by atoms with Gasteiger partial charge >= 0.3 is 0 Å². The Kier molecular flexibility index (Phi) is 3.86. The fraction of sp³-hybridized carbons (Fsp3) is 0.667. The van der Waals surface area contributed by atoms with Crippen LogP contribution >= 0.6 is 0 Å². The van der Waals surface area contributed by atoms with Gasteiger partial charge in [0.05, 0.1) is 4.92 Å². The van der Waals surface area contributed by atoms with Crippen LogP contribution in [0.5, 0.6) is 0 Å². The van der Waals surface area contributed by atoms with E-state index in [0.717, 1.165) is 11.8 Å². The van der Waals surface area contributed by atoms with Crippen molar-refractivity contribution < 1.29 is 4.92 Å². The Labute approximate surface area is 92.0 Å². The number of hydrogen-bond acceptors (Lipinski definition) is 2. The maximum Gasteiger partial charge on any atom is 0.238 e. The molecule has 0 aromatic rings. The average Bonchev–Trinajstić information content (AvgIpc) is 1.94. The molecule has 0 spiro atoms. The van der Waals surface area contributed by atoms with E-state index in [9.17, 15) is 10.1 Å². The van der Waals surface area contributed by atoms with Crippen LogP contribution in [0.2, 0.25) is 0 Å². The summed E-state index contributed by atoms with van der Waals surface area (Å²) in [7, 11) is 0. The van der Waals surface area contributed by atoms with Crippen molar-refractivity contribution in [3.63, 3.8) is 0 Å². The van der Waals surface area contributed by atoms with E-state index in [1.165, 1.54) is 0 Å². The maximum absolute atomic E-state index is 10.6. The van der Waals surface area contributed by atoms with E-state index in [1.54, 1.807) is 0 Å². The van der Waals surface area contributed by atoms with E-state index in [-0.39, 0.29) is 10.8 Å². The first-order chi connectivity index (χ1) is 6.46. The largest absolute Gasteiger partial charge is 0.259 e. The first-order valence-corrected chi connectivity index (χ1v) is 5.02. The zero-order valence-electron chi connectivity index (χ0n) is 10.5. The normalized spacial score (nSPS) is 13.9. The molecule has 3 heteroatoms. The Morgan fingerprint density at radius 1 is 1.13 bits per heavy atom. The van der Waals surface area contributed by atoms with Crippen molar-refractivity contribution in [3.8, 4) is 0 Å². The second-order valence-corrected chi connectivity index (χ2v) is 5.81. The molecule has 15 heavy (non-hydrogen) atoms. The predicted octanol–water partition coefficient (Wildman–Crippen LogP) is 3.80. The highest BCUT2D eigenvalue weighted by molar-refractivity contribution is 5.35. The van der Waals surface area contributed by atoms with Gasteiger partial charge in [-0.05, 0) is 16.4 Å². The molecule has 0 saturated heterocycles. The average molecular weight is 211 g/mol. The summed E-state index contributed by atoms with van der Waals surface area (Å²) < 4.78 is 0. The van der Waals surface area contributed by atoms with Gasteiger partial charge in [-0.15, -0.1) is 0 Å². The van der Waals surface area contributed by atoms with Gasteiger partial charge in [-0.3, -0.25) is 10.1 Å². The van der Waals surface area contributed by atoms with E-state index in [1.807, 2.05) is 41.5 Å². The van der Waals surface area contributed by atoms with Crippen molar-refractivity contribution in [1.29, 1.82) is 0 Å². The summed E-state index contributed by atoms with van der Waals surface area (Å²) in [5.41, 5.74) is 1.14. The Hall–Kier alpha value is -1.12. The van der Waals surface area contributed by atoms with Gasteiger partial charge < -0.3 is 0 Å². The molecule has 0 aromatic heterocycles. The fourth-order valence-corrected chi connectivity index (χ4v) is 1.23. The molecule has 0 unspecified atom stereocenters. The molecule has 0 radical (unpaired) electrons. The quantitative estimate of drug-likeness (QED) is 0.396. The van der Waals surface area contributed by atoms with Gasteiger partial charge in [-0.1, -0.05) is 48.1 Å². The zero-order chi connectivity index (χ0) is 12.4. The highest BCUT2D eigenvalue weighted by atomic mass is 16.6. The van der Waals surface area contributed by atoms with Crippen LogP contribution in [-0.2, 0) is 0 Å². The molecule has 0 N–H and O–H groups in total. The van der Waals surface area contributed by atoms with Crippen molar-refractivity contribution in [3.05, 3.63) is 34.0 Å². The molecule has 3 nitrogen and oxygen atoms in total. The van der Waals surface area contributed by atoms with Crippen LogP contribution in [0.15, 0.2) is 23.9 Å². The van der Waals surface area contributed by atoms with Gasteiger partial charge in [-0.25, -0.2) is 0 Å². The second-order valence-electron chi connectivity index (χ2n) is 5.81. The molecule has 0 heterocycles. The minimum absolute atomic E-state index is 0.144. The zero-order valence-corrected chi connectivity index (χ0v) is 10.5. The van der Waals surface area contributed by atoms with E-state index in [0.29, 0.717) is 5.57 Å². The molecular formula is C12H21NO2. The third kappa shape index (κ3) is 4.28.